The van der Waals surface area contributed by atoms with E-state index in [1.54, 1.807) is 0 Å². The second kappa shape index (κ2) is 21.7. The van der Waals surface area contributed by atoms with E-state index in [1.165, 1.54) is 11.1 Å². The number of furan rings is 2. The van der Waals surface area contributed by atoms with Gasteiger partial charge in [0.2, 0.25) is 0 Å². The van der Waals surface area contributed by atoms with Crippen molar-refractivity contribution < 1.29 is 8.83 Å². The highest BCUT2D eigenvalue weighted by atomic mass is 16.3. The first kappa shape index (κ1) is 52.6. The Hall–Kier alpha value is -12.5. The van der Waals surface area contributed by atoms with E-state index in [2.05, 4.69) is 322 Å². The third kappa shape index (κ3) is 8.91. The predicted molar refractivity (Wildman–Crippen MR) is 379 cm³/mol. The number of nitrogens with zero attached hydrogens (tertiary/aromatic N) is 6. The number of rotatable bonds is 12. The van der Waals surface area contributed by atoms with Crippen LogP contribution in [0.2, 0.25) is 0 Å². The first-order valence-electron chi connectivity index (χ1n) is 31.0. The van der Waals surface area contributed by atoms with Crippen LogP contribution in [-0.4, -0.2) is 19.1 Å². The SMILES string of the molecule is c1ccc(-c2ccc(N(c3ccc(-c4nc5ccccc5n4-c4ccccc4)cc3)c3ccc4c(c3)oc3ccc5c(ccc6oc7cc(N(c8ccc(-c9ccccc9)cc8)c8ccc(-c9nc%10ccccc%10n9-c9ccccc9)cc8)ccc7c65)c34)cc2)cc1. The zero-order valence-electron chi connectivity index (χ0n) is 49.7. The topological polar surface area (TPSA) is 68.4 Å². The summed E-state index contributed by atoms with van der Waals surface area (Å²) in [7, 11) is 0. The molecule has 14 aromatic carbocycles. The number of para-hydroxylation sites is 6. The van der Waals surface area contributed by atoms with Crippen molar-refractivity contribution in [2.24, 2.45) is 0 Å². The Balaban J connectivity index is 0.724. The Kier molecular flexibility index (Phi) is 12.4. The van der Waals surface area contributed by atoms with Crippen LogP contribution in [-0.2, 0) is 0 Å². The molecule has 0 aliphatic rings. The first-order chi connectivity index (χ1) is 45.6. The zero-order valence-corrected chi connectivity index (χ0v) is 49.7. The lowest BCUT2D eigenvalue weighted by Gasteiger charge is -2.26. The summed E-state index contributed by atoms with van der Waals surface area (Å²) in [6.07, 6.45) is 0. The number of benzene rings is 14. The van der Waals surface area contributed by atoms with E-state index in [0.717, 1.165) is 156 Å². The minimum Gasteiger partial charge on any atom is -0.456 e. The van der Waals surface area contributed by atoms with Gasteiger partial charge in [-0.3, -0.25) is 9.13 Å². The maximum atomic E-state index is 6.90. The highest BCUT2D eigenvalue weighted by Gasteiger charge is 2.23. The Morgan fingerprint density at radius 2 is 0.543 bits per heavy atom. The Bertz CT molecular complexity index is 5420. The largest absolute Gasteiger partial charge is 0.456 e. The van der Waals surface area contributed by atoms with Crippen molar-refractivity contribution in [3.63, 3.8) is 0 Å². The molecule has 92 heavy (non-hydrogen) atoms. The highest BCUT2D eigenvalue weighted by molar-refractivity contribution is 6.27. The molecule has 0 unspecified atom stereocenters. The van der Waals surface area contributed by atoms with Crippen LogP contribution in [0.25, 0.3) is 133 Å². The minimum absolute atomic E-state index is 0.797. The van der Waals surface area contributed by atoms with E-state index in [1.807, 2.05) is 24.3 Å². The molecule has 8 nitrogen and oxygen atoms in total. The van der Waals surface area contributed by atoms with E-state index in [4.69, 9.17) is 18.8 Å². The molecule has 0 bridgehead atoms. The summed E-state index contributed by atoms with van der Waals surface area (Å²) in [5, 5.41) is 6.40. The molecule has 18 aromatic rings. The van der Waals surface area contributed by atoms with Crippen LogP contribution in [0.5, 0.6) is 0 Å². The smallest absolute Gasteiger partial charge is 0.145 e. The standard InChI is InChI=1S/C84H54N6O2/c1-5-17-55(18-6-1)57-29-37-63(38-30-57)87(65-41-33-59(34-42-65)83-85-73-25-13-15-27-75(73)89(83)61-21-9-3-10-22-61)67-45-47-71-79(53-67)91-77-51-49-70-69(81(71)77)50-52-78-82(70)72-48-46-68(54-80(72)92-78)88(64-39-31-58(32-40-64)56-19-7-2-8-20-56)66-43-35-60(36-44-66)84-86-74-26-14-16-28-76(74)90(84)62-23-11-4-12-24-62/h1-54H. The number of hydrogen-bond donors (Lipinski definition) is 0. The monoisotopic (exact) mass is 1180 g/mol. The second-order valence-electron chi connectivity index (χ2n) is 23.3. The Morgan fingerprint density at radius 3 is 0.924 bits per heavy atom. The Morgan fingerprint density at radius 1 is 0.239 bits per heavy atom. The van der Waals surface area contributed by atoms with Crippen molar-refractivity contribution in [1.29, 1.82) is 0 Å². The van der Waals surface area contributed by atoms with E-state index in [-0.39, 0.29) is 0 Å². The molecule has 0 radical (unpaired) electrons. The summed E-state index contributed by atoms with van der Waals surface area (Å²) in [5.74, 6) is 1.77. The molecule has 0 saturated carbocycles. The van der Waals surface area contributed by atoms with Gasteiger partial charge in [0.1, 0.15) is 34.0 Å². The van der Waals surface area contributed by atoms with E-state index >= 15 is 0 Å². The second-order valence-corrected chi connectivity index (χ2v) is 23.3. The number of fused-ring (bicyclic) bond motifs is 11. The third-order valence-corrected chi connectivity index (χ3v) is 17.9. The summed E-state index contributed by atoms with van der Waals surface area (Å²) in [4.78, 5) is 15.0. The number of imidazole rings is 2. The van der Waals surface area contributed by atoms with Crippen molar-refractivity contribution in [3.8, 4) is 56.4 Å². The van der Waals surface area contributed by atoms with Gasteiger partial charge in [-0.15, -0.1) is 0 Å². The molecule has 0 saturated heterocycles. The van der Waals surface area contributed by atoms with Crippen LogP contribution >= 0.6 is 0 Å². The molecule has 0 fully saturated rings. The molecular formula is C84H54N6O2. The fourth-order valence-corrected chi connectivity index (χ4v) is 13.6. The van der Waals surface area contributed by atoms with Crippen molar-refractivity contribution in [3.05, 3.63) is 328 Å². The average Bonchev–Trinajstić information content (AvgIpc) is 1.54. The summed E-state index contributed by atoms with van der Waals surface area (Å²) in [6, 6.07) is 116. The van der Waals surface area contributed by atoms with Gasteiger partial charge in [-0.05, 0) is 203 Å². The average molecular weight is 1180 g/mol. The lowest BCUT2D eigenvalue weighted by Crippen LogP contribution is -2.10. The zero-order chi connectivity index (χ0) is 60.6. The summed E-state index contributed by atoms with van der Waals surface area (Å²) in [5.41, 5.74) is 22.0. The number of hydrogen-bond acceptors (Lipinski definition) is 6. The summed E-state index contributed by atoms with van der Waals surface area (Å²) >= 11 is 0. The van der Waals surface area contributed by atoms with Crippen LogP contribution in [0.3, 0.4) is 0 Å². The number of anilines is 6. The molecule has 432 valence electrons. The lowest BCUT2D eigenvalue weighted by molar-refractivity contribution is 0.668. The molecule has 18 rings (SSSR count). The van der Waals surface area contributed by atoms with E-state index in [9.17, 15) is 0 Å². The van der Waals surface area contributed by atoms with Crippen molar-refractivity contribution in [2.45, 2.75) is 0 Å². The lowest BCUT2D eigenvalue weighted by atomic mass is 9.99. The quantitative estimate of drug-likeness (QED) is 0.121. The van der Waals surface area contributed by atoms with Gasteiger partial charge in [0.25, 0.3) is 0 Å². The van der Waals surface area contributed by atoms with Crippen molar-refractivity contribution in [2.75, 3.05) is 9.80 Å². The molecule has 0 atom stereocenters. The van der Waals surface area contributed by atoms with Crippen LogP contribution in [0.15, 0.2) is 336 Å². The van der Waals surface area contributed by atoms with E-state index < -0.39 is 0 Å². The van der Waals surface area contributed by atoms with Gasteiger partial charge in [0, 0.05) is 90.3 Å². The molecule has 0 amide bonds. The number of aromatic nitrogens is 4. The van der Waals surface area contributed by atoms with Crippen molar-refractivity contribution in [1.82, 2.24) is 19.1 Å². The van der Waals surface area contributed by atoms with Gasteiger partial charge < -0.3 is 18.6 Å². The molecule has 0 N–H and O–H groups in total. The van der Waals surface area contributed by atoms with Crippen molar-refractivity contribution >= 4 is 111 Å². The maximum absolute atomic E-state index is 6.90. The molecule has 0 aliphatic heterocycles. The van der Waals surface area contributed by atoms with E-state index in [0.29, 0.717) is 0 Å². The molecular weight excluding hydrogens is 1120 g/mol. The molecule has 4 heterocycles. The van der Waals surface area contributed by atoms with Gasteiger partial charge in [-0.1, -0.05) is 146 Å². The molecule has 0 aliphatic carbocycles. The molecule has 0 spiro atoms. The first-order valence-corrected chi connectivity index (χ1v) is 31.0. The summed E-state index contributed by atoms with van der Waals surface area (Å²) < 4.78 is 18.3. The van der Waals surface area contributed by atoms with Crippen LogP contribution < -0.4 is 9.80 Å². The van der Waals surface area contributed by atoms with Crippen LogP contribution in [0.1, 0.15) is 0 Å². The fraction of sp³-hybridized carbons (Fsp3) is 0. The third-order valence-electron chi connectivity index (χ3n) is 17.9. The van der Waals surface area contributed by atoms with Gasteiger partial charge in [0.15, 0.2) is 0 Å². The summed E-state index contributed by atoms with van der Waals surface area (Å²) in [6.45, 7) is 0. The maximum Gasteiger partial charge on any atom is 0.145 e. The highest BCUT2D eigenvalue weighted by Crippen LogP contribution is 2.46. The van der Waals surface area contributed by atoms with Gasteiger partial charge in [-0.2, -0.15) is 0 Å². The molecule has 8 heteroatoms. The van der Waals surface area contributed by atoms with Gasteiger partial charge >= 0.3 is 0 Å². The van der Waals surface area contributed by atoms with Gasteiger partial charge in [0.05, 0.1) is 22.1 Å². The minimum atomic E-state index is 0.797. The fourth-order valence-electron chi connectivity index (χ4n) is 13.6. The van der Waals surface area contributed by atoms with Gasteiger partial charge in [-0.25, -0.2) is 9.97 Å². The van der Waals surface area contributed by atoms with Crippen LogP contribution in [0, 0.1) is 0 Å². The predicted octanol–water partition coefficient (Wildman–Crippen LogP) is 22.9. The normalized spacial score (nSPS) is 11.7. The Labute approximate surface area is 529 Å². The molecule has 4 aromatic heterocycles. The van der Waals surface area contributed by atoms with Crippen LogP contribution in [0.4, 0.5) is 34.1 Å².